The number of hydrogen-bond donors (Lipinski definition) is 1. The van der Waals surface area contributed by atoms with Crippen LogP contribution in [0.1, 0.15) is 6.92 Å². The largest absolute Gasteiger partial charge is 0.491 e. The molecule has 0 amide bonds. The van der Waals surface area contributed by atoms with E-state index in [1.807, 2.05) is 0 Å². The third-order valence-electron chi connectivity index (χ3n) is 4.39. The molecule has 0 saturated carbocycles. The first-order chi connectivity index (χ1) is 13.6. The van der Waals surface area contributed by atoms with Gasteiger partial charge in [-0.1, -0.05) is 12.2 Å². The van der Waals surface area contributed by atoms with Crippen molar-refractivity contribution < 1.29 is 22.7 Å². The first-order valence-corrected chi connectivity index (χ1v) is 9.02. The second-order valence-corrected chi connectivity index (χ2v) is 6.60. The average molecular weight is 435 g/mol. The maximum absolute atomic E-state index is 12.7. The number of carbonyl (C=O) groups excluding carboxylic acids is 1. The van der Waals surface area contributed by atoms with E-state index < -0.39 is 24.1 Å². The number of alkyl halides is 3. The van der Waals surface area contributed by atoms with Gasteiger partial charge in [0.05, 0.1) is 6.54 Å². The Labute approximate surface area is 167 Å². The van der Waals surface area contributed by atoms with Crippen LogP contribution in [0.15, 0.2) is 16.9 Å². The van der Waals surface area contributed by atoms with E-state index in [2.05, 4.69) is 20.0 Å². The van der Waals surface area contributed by atoms with E-state index in [0.29, 0.717) is 6.54 Å². The minimum atomic E-state index is -5.14. The van der Waals surface area contributed by atoms with Crippen LogP contribution in [-0.2, 0) is 23.1 Å². The summed E-state index contributed by atoms with van der Waals surface area (Å²) < 4.78 is 45.4. The average Bonchev–Trinajstić information content (AvgIpc) is 2.90. The molecule has 2 aromatic heterocycles. The molecule has 1 N–H and O–H groups in total. The number of carbonyl (C=O) groups is 1. The van der Waals surface area contributed by atoms with Crippen LogP contribution in [0.5, 0.6) is 0 Å². The van der Waals surface area contributed by atoms with Gasteiger partial charge in [-0.25, -0.2) is 9.59 Å². The molecule has 1 aliphatic rings. The van der Waals surface area contributed by atoms with Crippen LogP contribution in [-0.4, -0.2) is 57.1 Å². The Hall–Kier alpha value is -2.60. The van der Waals surface area contributed by atoms with Crippen LogP contribution in [0.2, 0.25) is 5.28 Å². The first kappa shape index (κ1) is 21.1. The summed E-state index contributed by atoms with van der Waals surface area (Å²) in [6.45, 7) is 2.49. The Morgan fingerprint density at radius 1 is 1.41 bits per heavy atom. The van der Waals surface area contributed by atoms with E-state index in [4.69, 9.17) is 11.6 Å². The second kappa shape index (κ2) is 8.03. The summed E-state index contributed by atoms with van der Waals surface area (Å²) in [5.41, 5.74) is 0.110. The number of aryl methyl sites for hydroxylation is 1. The SMILES string of the molecule is C/C=C/Cn1c(=O)n(C)c2nc(Cl)nc(N3CCNCC3OC(=O)C(F)(F)F)c21. The molecule has 3 heterocycles. The highest BCUT2D eigenvalue weighted by Crippen LogP contribution is 2.28. The number of piperazine rings is 1. The lowest BCUT2D eigenvalue weighted by Gasteiger charge is -2.36. The Morgan fingerprint density at radius 3 is 2.79 bits per heavy atom. The van der Waals surface area contributed by atoms with E-state index in [1.54, 1.807) is 19.1 Å². The Balaban J connectivity index is 2.14. The zero-order valence-electron chi connectivity index (χ0n) is 15.5. The number of nitrogens with one attached hydrogen (secondary N) is 1. The zero-order valence-corrected chi connectivity index (χ0v) is 16.3. The third-order valence-corrected chi connectivity index (χ3v) is 4.56. The van der Waals surface area contributed by atoms with Crippen molar-refractivity contribution in [3.63, 3.8) is 0 Å². The lowest BCUT2D eigenvalue weighted by atomic mass is 10.3. The molecule has 3 rings (SSSR count). The molecule has 1 unspecified atom stereocenters. The third kappa shape index (κ3) is 4.08. The minimum absolute atomic E-state index is 0.0587. The fourth-order valence-electron chi connectivity index (χ4n) is 3.05. The van der Waals surface area contributed by atoms with Crippen molar-refractivity contribution in [1.82, 2.24) is 24.4 Å². The van der Waals surface area contributed by atoms with Crippen molar-refractivity contribution in [2.24, 2.45) is 7.05 Å². The van der Waals surface area contributed by atoms with Gasteiger partial charge in [-0.05, 0) is 18.5 Å². The zero-order chi connectivity index (χ0) is 21.3. The normalized spacial score (nSPS) is 18.0. The minimum Gasteiger partial charge on any atom is -0.433 e. The van der Waals surface area contributed by atoms with Crippen molar-refractivity contribution in [3.8, 4) is 0 Å². The van der Waals surface area contributed by atoms with Crippen LogP contribution in [0, 0.1) is 0 Å². The molecule has 1 saturated heterocycles. The van der Waals surface area contributed by atoms with E-state index >= 15 is 0 Å². The van der Waals surface area contributed by atoms with Crippen LogP contribution in [0.3, 0.4) is 0 Å². The van der Waals surface area contributed by atoms with Crippen LogP contribution >= 0.6 is 11.6 Å². The van der Waals surface area contributed by atoms with Crippen molar-refractivity contribution in [1.29, 1.82) is 0 Å². The Kier molecular flexibility index (Phi) is 5.85. The number of ether oxygens (including phenoxy) is 1. The molecule has 1 aliphatic heterocycles. The highest BCUT2D eigenvalue weighted by molar-refractivity contribution is 6.28. The van der Waals surface area contributed by atoms with Crippen LogP contribution in [0.4, 0.5) is 19.0 Å². The van der Waals surface area contributed by atoms with Gasteiger partial charge in [0.2, 0.25) is 5.28 Å². The second-order valence-electron chi connectivity index (χ2n) is 6.26. The lowest BCUT2D eigenvalue weighted by Crippen LogP contribution is -2.54. The number of hydrogen-bond acceptors (Lipinski definition) is 7. The number of rotatable bonds is 4. The molecule has 29 heavy (non-hydrogen) atoms. The number of imidazole rings is 1. The van der Waals surface area contributed by atoms with Crippen LogP contribution in [0.25, 0.3) is 11.2 Å². The summed E-state index contributed by atoms with van der Waals surface area (Å²) in [7, 11) is 1.50. The maximum atomic E-state index is 12.7. The van der Waals surface area contributed by atoms with Gasteiger partial charge in [0.15, 0.2) is 17.7 Å². The van der Waals surface area contributed by atoms with E-state index in [0.717, 1.165) is 0 Å². The predicted molar refractivity (Wildman–Crippen MR) is 98.7 cm³/mol. The van der Waals surface area contributed by atoms with Crippen molar-refractivity contribution in [2.75, 3.05) is 24.5 Å². The molecular weight excluding hydrogens is 417 g/mol. The molecule has 0 spiro atoms. The molecule has 13 heteroatoms. The van der Waals surface area contributed by atoms with Gasteiger partial charge in [-0.2, -0.15) is 23.1 Å². The molecule has 1 fully saturated rings. The predicted octanol–water partition coefficient (Wildman–Crippen LogP) is 1.20. The molecule has 9 nitrogen and oxygen atoms in total. The van der Waals surface area contributed by atoms with Gasteiger partial charge in [-0.15, -0.1) is 0 Å². The molecule has 158 valence electrons. The number of nitrogens with zero attached hydrogens (tertiary/aromatic N) is 5. The number of anilines is 1. The van der Waals surface area contributed by atoms with Gasteiger partial charge in [0, 0.05) is 26.7 Å². The van der Waals surface area contributed by atoms with E-state index in [1.165, 1.54) is 21.1 Å². The molecule has 0 bridgehead atoms. The van der Waals surface area contributed by atoms with E-state index in [-0.39, 0.29) is 41.9 Å². The summed E-state index contributed by atoms with van der Waals surface area (Å²) in [6.07, 6.45) is -2.95. The fourth-order valence-corrected chi connectivity index (χ4v) is 3.21. The summed E-state index contributed by atoms with van der Waals surface area (Å²) in [5, 5.41) is 2.68. The number of esters is 1. The van der Waals surface area contributed by atoms with Crippen molar-refractivity contribution >= 4 is 34.6 Å². The highest BCUT2D eigenvalue weighted by atomic mass is 35.5. The summed E-state index contributed by atoms with van der Waals surface area (Å²) in [5.74, 6) is -2.20. The van der Waals surface area contributed by atoms with Crippen molar-refractivity contribution in [3.05, 3.63) is 27.9 Å². The smallest absolute Gasteiger partial charge is 0.433 e. The fraction of sp³-hybridized carbons (Fsp3) is 0.500. The summed E-state index contributed by atoms with van der Waals surface area (Å²) >= 11 is 6.02. The Morgan fingerprint density at radius 2 is 2.14 bits per heavy atom. The standard InChI is InChI=1S/C16H18ClF3N6O3/c1-3-4-6-26-10-11(24(2)15(26)28)22-14(17)23-12(10)25-7-5-21-8-9(25)29-13(27)16(18,19)20/h3-4,9,21H,5-8H2,1-2H3/b4-3+. The molecule has 1 atom stereocenters. The Bertz CT molecular complexity index is 1020. The number of fused-ring (bicyclic) bond motifs is 1. The van der Waals surface area contributed by atoms with Gasteiger partial charge < -0.3 is 15.0 Å². The monoisotopic (exact) mass is 434 g/mol. The van der Waals surface area contributed by atoms with Gasteiger partial charge in [-0.3, -0.25) is 9.13 Å². The topological polar surface area (TPSA) is 94.3 Å². The maximum Gasteiger partial charge on any atom is 0.491 e. The number of aromatic nitrogens is 4. The van der Waals surface area contributed by atoms with Crippen LogP contribution < -0.4 is 15.9 Å². The molecule has 2 aromatic rings. The van der Waals surface area contributed by atoms with Gasteiger partial charge in [0.1, 0.15) is 5.52 Å². The number of allylic oxidation sites excluding steroid dienone is 2. The van der Waals surface area contributed by atoms with Gasteiger partial charge in [0.25, 0.3) is 0 Å². The summed E-state index contributed by atoms with van der Waals surface area (Å²) in [6, 6.07) is 0. The first-order valence-electron chi connectivity index (χ1n) is 8.64. The number of halogens is 4. The lowest BCUT2D eigenvalue weighted by molar-refractivity contribution is -0.205. The highest BCUT2D eigenvalue weighted by Gasteiger charge is 2.44. The molecular formula is C16H18ClF3N6O3. The molecule has 0 radical (unpaired) electrons. The van der Waals surface area contributed by atoms with E-state index in [9.17, 15) is 22.8 Å². The molecule has 0 aliphatic carbocycles. The summed E-state index contributed by atoms with van der Waals surface area (Å²) in [4.78, 5) is 33.6. The molecule has 0 aromatic carbocycles. The van der Waals surface area contributed by atoms with Gasteiger partial charge >= 0.3 is 17.8 Å². The quantitative estimate of drug-likeness (QED) is 0.439. The van der Waals surface area contributed by atoms with Crippen molar-refractivity contribution in [2.45, 2.75) is 25.9 Å².